The van der Waals surface area contributed by atoms with Gasteiger partial charge >= 0.3 is 0 Å². The van der Waals surface area contributed by atoms with Crippen molar-refractivity contribution in [1.29, 1.82) is 0 Å². The van der Waals surface area contributed by atoms with Gasteiger partial charge in [0.25, 0.3) is 0 Å². The molecule has 4 heteroatoms. The summed E-state index contributed by atoms with van der Waals surface area (Å²) in [7, 11) is 0. The fourth-order valence-corrected chi connectivity index (χ4v) is 5.13. The highest BCUT2D eigenvalue weighted by molar-refractivity contribution is 6.32. The van der Waals surface area contributed by atoms with Crippen LogP contribution in [0.15, 0.2) is 109 Å². The van der Waals surface area contributed by atoms with Crippen molar-refractivity contribution >= 4 is 65.7 Å². The van der Waals surface area contributed by atoms with Crippen LogP contribution >= 0.6 is 0 Å². The van der Waals surface area contributed by atoms with Crippen LogP contribution in [0.4, 0.5) is 0 Å². The van der Waals surface area contributed by atoms with E-state index in [1.807, 2.05) is 0 Å². The van der Waals surface area contributed by atoms with Crippen LogP contribution in [0.25, 0.3) is 53.9 Å². The number of hydrogen-bond acceptors (Lipinski definition) is 2. The van der Waals surface area contributed by atoms with Gasteiger partial charge in [0.1, 0.15) is 0 Å². The van der Waals surface area contributed by atoms with E-state index >= 15 is 0 Å². The molecule has 7 aromatic carbocycles. The smallest absolute Gasteiger partial charge is 0.248 e. The van der Waals surface area contributed by atoms with Gasteiger partial charge in [-0.2, -0.15) is 0 Å². The van der Waals surface area contributed by atoms with Crippen LogP contribution in [0.2, 0.25) is 0 Å². The molecule has 0 aromatic heterocycles. The van der Waals surface area contributed by atoms with Crippen molar-refractivity contribution in [1.82, 2.24) is 0 Å². The highest BCUT2D eigenvalue weighted by Gasteiger charge is 2.11. The maximum absolute atomic E-state index is 11.0. The summed E-state index contributed by atoms with van der Waals surface area (Å²) >= 11 is 0. The summed E-state index contributed by atoms with van der Waals surface area (Å²) in [6.07, 6.45) is 0. The van der Waals surface area contributed by atoms with Crippen molar-refractivity contribution < 1.29 is 9.59 Å². The molecule has 0 saturated heterocycles. The molecule has 7 aromatic rings. The Balaban J connectivity index is 0.000000138. The van der Waals surface area contributed by atoms with Crippen LogP contribution < -0.4 is 11.5 Å². The topological polar surface area (TPSA) is 86.2 Å². The van der Waals surface area contributed by atoms with Gasteiger partial charge < -0.3 is 11.5 Å². The minimum Gasteiger partial charge on any atom is -0.366 e. The van der Waals surface area contributed by atoms with Gasteiger partial charge in [0.2, 0.25) is 11.8 Å². The average Bonchev–Trinajstić information content (AvgIpc) is 2.91. The number of benzene rings is 7. The van der Waals surface area contributed by atoms with E-state index in [9.17, 15) is 9.59 Å². The Morgan fingerprint density at radius 2 is 0.750 bits per heavy atom. The standard InChI is InChI=1S/C20H12.C12H10N2O2/c1-5-13-6-2-11-17-18-12-4-8-14-7-3-10-16(20(14)18)15(9-1)19(13)17;13-11(15)9-3-1-7-5-10(12(14)16)4-2-8(7)6-9/h1-12H;1-6H,(H2,13,15)(H2,14,16). The molecule has 0 aliphatic heterocycles. The summed E-state index contributed by atoms with van der Waals surface area (Å²) in [5.41, 5.74) is 11.2. The Labute approximate surface area is 207 Å². The number of primary amides is 2. The predicted molar refractivity (Wildman–Crippen MR) is 149 cm³/mol. The monoisotopic (exact) mass is 466 g/mol. The lowest BCUT2D eigenvalue weighted by Crippen LogP contribution is -2.11. The first-order valence-corrected chi connectivity index (χ1v) is 11.7. The third-order valence-corrected chi connectivity index (χ3v) is 6.80. The molecule has 4 nitrogen and oxygen atoms in total. The molecule has 0 aliphatic rings. The molecule has 0 fully saturated rings. The van der Waals surface area contributed by atoms with E-state index in [4.69, 9.17) is 11.5 Å². The molecule has 0 saturated carbocycles. The second-order valence-corrected chi connectivity index (χ2v) is 8.92. The van der Waals surface area contributed by atoms with Gasteiger partial charge in [-0.15, -0.1) is 0 Å². The number of carbonyl (C=O) groups excluding carboxylic acids is 2. The van der Waals surface area contributed by atoms with Crippen LogP contribution in [0, 0.1) is 0 Å². The van der Waals surface area contributed by atoms with E-state index < -0.39 is 11.8 Å². The van der Waals surface area contributed by atoms with E-state index in [0.717, 1.165) is 10.8 Å². The van der Waals surface area contributed by atoms with Crippen LogP contribution in [-0.2, 0) is 0 Å². The molecule has 7 rings (SSSR count). The van der Waals surface area contributed by atoms with Gasteiger partial charge in [-0.25, -0.2) is 0 Å². The van der Waals surface area contributed by atoms with Gasteiger partial charge in [-0.3, -0.25) is 9.59 Å². The number of fused-ring (bicyclic) bond motifs is 3. The van der Waals surface area contributed by atoms with Gasteiger partial charge in [-0.05, 0) is 78.1 Å². The molecule has 0 heterocycles. The van der Waals surface area contributed by atoms with Gasteiger partial charge in [0.05, 0.1) is 0 Å². The van der Waals surface area contributed by atoms with Crippen LogP contribution in [0.3, 0.4) is 0 Å². The highest BCUT2D eigenvalue weighted by atomic mass is 16.1. The molecular formula is C32H22N2O2. The fourth-order valence-electron chi connectivity index (χ4n) is 5.13. The third-order valence-electron chi connectivity index (χ3n) is 6.80. The van der Waals surface area contributed by atoms with E-state index in [2.05, 4.69) is 72.8 Å². The second-order valence-electron chi connectivity index (χ2n) is 8.92. The Kier molecular flexibility index (Phi) is 5.01. The maximum atomic E-state index is 11.0. The Morgan fingerprint density at radius 3 is 1.06 bits per heavy atom. The van der Waals surface area contributed by atoms with Crippen molar-refractivity contribution in [2.75, 3.05) is 0 Å². The zero-order chi connectivity index (χ0) is 24.8. The lowest BCUT2D eigenvalue weighted by Gasteiger charge is -2.13. The summed E-state index contributed by atoms with van der Waals surface area (Å²) in [4.78, 5) is 21.9. The van der Waals surface area contributed by atoms with E-state index in [1.54, 1.807) is 36.4 Å². The molecule has 36 heavy (non-hydrogen) atoms. The first-order valence-electron chi connectivity index (χ1n) is 11.7. The molecule has 0 radical (unpaired) electrons. The van der Waals surface area contributed by atoms with Crippen molar-refractivity contribution in [2.24, 2.45) is 11.5 Å². The number of amides is 2. The minimum atomic E-state index is -0.471. The normalized spacial score (nSPS) is 11.2. The summed E-state index contributed by atoms with van der Waals surface area (Å²) in [6, 6.07) is 36.5. The van der Waals surface area contributed by atoms with Gasteiger partial charge in [-0.1, -0.05) is 84.9 Å². The van der Waals surface area contributed by atoms with Gasteiger partial charge in [0.15, 0.2) is 0 Å². The number of nitrogens with two attached hydrogens (primary N) is 2. The molecule has 0 spiro atoms. The Bertz CT molecular complexity index is 1730. The fraction of sp³-hybridized carbons (Fsp3) is 0. The Hall–Kier alpha value is -4.96. The van der Waals surface area contributed by atoms with Crippen LogP contribution in [-0.4, -0.2) is 11.8 Å². The van der Waals surface area contributed by atoms with Crippen LogP contribution in [0.5, 0.6) is 0 Å². The largest absolute Gasteiger partial charge is 0.366 e. The third kappa shape index (κ3) is 3.48. The van der Waals surface area contributed by atoms with Gasteiger partial charge in [0, 0.05) is 11.1 Å². The molecule has 0 unspecified atom stereocenters. The maximum Gasteiger partial charge on any atom is 0.248 e. The molecule has 2 amide bonds. The summed E-state index contributed by atoms with van der Waals surface area (Å²) in [5.74, 6) is -0.943. The lowest BCUT2D eigenvalue weighted by atomic mass is 9.90. The van der Waals surface area contributed by atoms with Crippen molar-refractivity contribution in [3.05, 3.63) is 120 Å². The minimum absolute atomic E-state index is 0.444. The molecular weight excluding hydrogens is 444 g/mol. The zero-order valence-corrected chi connectivity index (χ0v) is 19.4. The number of rotatable bonds is 2. The van der Waals surface area contributed by atoms with E-state index in [-0.39, 0.29) is 0 Å². The average molecular weight is 467 g/mol. The second kappa shape index (κ2) is 8.36. The van der Waals surface area contributed by atoms with Crippen LogP contribution in [0.1, 0.15) is 20.7 Å². The molecule has 4 N–H and O–H groups in total. The van der Waals surface area contributed by atoms with E-state index in [0.29, 0.717) is 11.1 Å². The molecule has 0 atom stereocenters. The number of hydrogen-bond donors (Lipinski definition) is 2. The van der Waals surface area contributed by atoms with Crippen molar-refractivity contribution in [3.8, 4) is 0 Å². The first kappa shape index (κ1) is 21.6. The zero-order valence-electron chi connectivity index (χ0n) is 19.4. The first-order chi connectivity index (χ1) is 17.5. The predicted octanol–water partition coefficient (Wildman–Crippen LogP) is 6.77. The van der Waals surface area contributed by atoms with E-state index in [1.165, 1.54) is 43.1 Å². The number of carbonyl (C=O) groups is 2. The molecule has 172 valence electrons. The summed E-state index contributed by atoms with van der Waals surface area (Å²) < 4.78 is 0. The summed E-state index contributed by atoms with van der Waals surface area (Å²) in [6.45, 7) is 0. The van der Waals surface area contributed by atoms with Crippen molar-refractivity contribution in [2.45, 2.75) is 0 Å². The molecule has 0 bridgehead atoms. The summed E-state index contributed by atoms with van der Waals surface area (Å²) in [5, 5.41) is 12.6. The molecule has 0 aliphatic carbocycles. The lowest BCUT2D eigenvalue weighted by molar-refractivity contribution is 0.0991. The van der Waals surface area contributed by atoms with Crippen molar-refractivity contribution in [3.63, 3.8) is 0 Å². The SMILES string of the molecule is NC(=O)c1ccc2cc(C(N)=O)ccc2c1.c1cc2cccc3c4cccc5cccc(c(c1)c23)c54. The Morgan fingerprint density at radius 1 is 0.417 bits per heavy atom. The highest BCUT2D eigenvalue weighted by Crippen LogP contribution is 2.39. The quantitative estimate of drug-likeness (QED) is 0.217.